The van der Waals surface area contributed by atoms with Crippen LogP contribution in [0.4, 0.5) is 5.69 Å². The van der Waals surface area contributed by atoms with Crippen molar-refractivity contribution in [1.82, 2.24) is 0 Å². The number of hydrogen-bond acceptors (Lipinski definition) is 3. The zero-order valence-electron chi connectivity index (χ0n) is 14.6. The number of fused-ring (bicyclic) bond motifs is 3. The molecule has 0 radical (unpaired) electrons. The summed E-state index contributed by atoms with van der Waals surface area (Å²) in [7, 11) is 3.97. The van der Waals surface area contributed by atoms with Gasteiger partial charge in [0.15, 0.2) is 0 Å². The lowest BCUT2D eigenvalue weighted by atomic mass is 10.1. The molecule has 1 aliphatic rings. The molecule has 0 unspecified atom stereocenters. The van der Waals surface area contributed by atoms with Gasteiger partial charge in [0.05, 0.1) is 11.2 Å². The monoisotopic (exact) mass is 359 g/mol. The van der Waals surface area contributed by atoms with E-state index in [9.17, 15) is 0 Å². The van der Waals surface area contributed by atoms with Crippen LogP contribution in [0.1, 0.15) is 16.7 Å². The molecule has 0 bridgehead atoms. The second kappa shape index (κ2) is 6.77. The van der Waals surface area contributed by atoms with Gasteiger partial charge in [0.1, 0.15) is 5.71 Å². The maximum Gasteiger partial charge on any atom is 0.101 e. The first kappa shape index (κ1) is 16.6. The van der Waals surface area contributed by atoms with Crippen molar-refractivity contribution in [3.63, 3.8) is 0 Å². The van der Waals surface area contributed by atoms with Gasteiger partial charge >= 0.3 is 0 Å². The number of hydrogen-bond donors (Lipinski definition) is 0. The van der Waals surface area contributed by atoms with E-state index in [0.717, 1.165) is 28.1 Å². The molecule has 0 heterocycles. The van der Waals surface area contributed by atoms with E-state index in [1.54, 1.807) is 6.21 Å². The second-order valence-corrected chi connectivity index (χ2v) is 6.79. The standard InChI is InChI=1S/C22H18ClN3/c1-26(2)16-12-11-15(21(23)13-16)14-24-25-22-19-9-5-3-7-17(19)18-8-4-6-10-20(18)22/h3-14H,1-2H3/b24-14-. The van der Waals surface area contributed by atoms with Crippen molar-refractivity contribution < 1.29 is 0 Å². The van der Waals surface area contributed by atoms with Gasteiger partial charge in [-0.05, 0) is 29.3 Å². The molecule has 128 valence electrons. The van der Waals surface area contributed by atoms with Gasteiger partial charge in [0.25, 0.3) is 0 Å². The Morgan fingerprint density at radius 2 is 1.38 bits per heavy atom. The number of anilines is 1. The van der Waals surface area contributed by atoms with Crippen LogP contribution in [0.25, 0.3) is 11.1 Å². The Labute approximate surface area is 158 Å². The van der Waals surface area contributed by atoms with E-state index in [1.165, 1.54) is 11.1 Å². The molecule has 3 aromatic carbocycles. The Bertz CT molecular complexity index is 988. The fourth-order valence-electron chi connectivity index (χ4n) is 3.15. The van der Waals surface area contributed by atoms with Crippen LogP contribution in [0.5, 0.6) is 0 Å². The molecular formula is C22H18ClN3. The number of benzene rings is 3. The summed E-state index contributed by atoms with van der Waals surface area (Å²) >= 11 is 6.36. The minimum Gasteiger partial charge on any atom is -0.378 e. The summed E-state index contributed by atoms with van der Waals surface area (Å²) in [5.41, 5.74) is 7.42. The molecule has 0 atom stereocenters. The normalized spacial score (nSPS) is 12.2. The van der Waals surface area contributed by atoms with Gasteiger partial charge in [-0.2, -0.15) is 5.10 Å². The van der Waals surface area contributed by atoms with Crippen LogP contribution in [-0.2, 0) is 0 Å². The van der Waals surface area contributed by atoms with E-state index in [-0.39, 0.29) is 0 Å². The fraction of sp³-hybridized carbons (Fsp3) is 0.0909. The molecule has 0 N–H and O–H groups in total. The molecule has 0 amide bonds. The summed E-state index contributed by atoms with van der Waals surface area (Å²) in [6, 6.07) is 22.5. The fourth-order valence-corrected chi connectivity index (χ4v) is 3.37. The molecule has 0 spiro atoms. The Balaban J connectivity index is 1.70. The average Bonchev–Trinajstić information content (AvgIpc) is 2.97. The predicted octanol–water partition coefficient (Wildman–Crippen LogP) is 5.26. The van der Waals surface area contributed by atoms with Crippen molar-refractivity contribution in [2.75, 3.05) is 19.0 Å². The van der Waals surface area contributed by atoms with Crippen LogP contribution >= 0.6 is 11.6 Å². The van der Waals surface area contributed by atoms with Crippen LogP contribution in [0.3, 0.4) is 0 Å². The molecule has 0 aliphatic heterocycles. The second-order valence-electron chi connectivity index (χ2n) is 6.38. The van der Waals surface area contributed by atoms with Crippen molar-refractivity contribution in [2.24, 2.45) is 10.2 Å². The summed E-state index contributed by atoms with van der Waals surface area (Å²) in [5, 5.41) is 9.50. The van der Waals surface area contributed by atoms with Gasteiger partial charge in [-0.3, -0.25) is 0 Å². The Morgan fingerprint density at radius 3 is 1.92 bits per heavy atom. The minimum absolute atomic E-state index is 0.660. The zero-order chi connectivity index (χ0) is 18.1. The molecule has 4 heteroatoms. The van der Waals surface area contributed by atoms with Crippen LogP contribution < -0.4 is 4.90 Å². The van der Waals surface area contributed by atoms with Crippen LogP contribution in [0.15, 0.2) is 76.9 Å². The molecular weight excluding hydrogens is 342 g/mol. The van der Waals surface area contributed by atoms with Crippen molar-refractivity contribution in [3.8, 4) is 11.1 Å². The molecule has 0 aromatic heterocycles. The van der Waals surface area contributed by atoms with Crippen molar-refractivity contribution >= 4 is 29.2 Å². The largest absolute Gasteiger partial charge is 0.378 e. The van der Waals surface area contributed by atoms with Crippen molar-refractivity contribution in [2.45, 2.75) is 0 Å². The predicted molar refractivity (Wildman–Crippen MR) is 111 cm³/mol. The summed E-state index contributed by atoms with van der Waals surface area (Å²) < 4.78 is 0. The first-order valence-corrected chi connectivity index (χ1v) is 8.80. The van der Waals surface area contributed by atoms with Crippen LogP contribution in [0, 0.1) is 0 Å². The molecule has 0 saturated heterocycles. The number of rotatable bonds is 3. The van der Waals surface area contributed by atoms with Gasteiger partial charge in [0.2, 0.25) is 0 Å². The zero-order valence-corrected chi connectivity index (χ0v) is 15.4. The summed E-state index contributed by atoms with van der Waals surface area (Å²) in [5.74, 6) is 0. The number of nitrogens with zero attached hydrogens (tertiary/aromatic N) is 3. The van der Waals surface area contributed by atoms with E-state index in [4.69, 9.17) is 11.6 Å². The molecule has 4 rings (SSSR count). The lowest BCUT2D eigenvalue weighted by Crippen LogP contribution is -2.08. The molecule has 0 fully saturated rings. The van der Waals surface area contributed by atoms with E-state index in [2.05, 4.69) is 34.5 Å². The lowest BCUT2D eigenvalue weighted by Gasteiger charge is -2.12. The summed E-state index contributed by atoms with van der Waals surface area (Å²) in [6.45, 7) is 0. The van der Waals surface area contributed by atoms with E-state index in [0.29, 0.717) is 5.02 Å². The van der Waals surface area contributed by atoms with Crippen molar-refractivity contribution in [3.05, 3.63) is 88.4 Å². The molecule has 26 heavy (non-hydrogen) atoms. The Hall–Kier alpha value is -2.91. The topological polar surface area (TPSA) is 28.0 Å². The highest BCUT2D eigenvalue weighted by Gasteiger charge is 2.23. The van der Waals surface area contributed by atoms with Gasteiger partial charge in [-0.15, -0.1) is 5.10 Å². The highest BCUT2D eigenvalue weighted by molar-refractivity contribution is 6.33. The molecule has 0 saturated carbocycles. The first-order valence-electron chi connectivity index (χ1n) is 8.42. The van der Waals surface area contributed by atoms with E-state index >= 15 is 0 Å². The lowest BCUT2D eigenvalue weighted by molar-refractivity contribution is 1.13. The highest BCUT2D eigenvalue weighted by Crippen LogP contribution is 2.36. The Morgan fingerprint density at radius 1 is 0.808 bits per heavy atom. The summed E-state index contributed by atoms with van der Waals surface area (Å²) in [4.78, 5) is 2.01. The van der Waals surface area contributed by atoms with Crippen LogP contribution in [-0.4, -0.2) is 26.0 Å². The minimum atomic E-state index is 0.660. The van der Waals surface area contributed by atoms with Gasteiger partial charge in [-0.1, -0.05) is 60.1 Å². The molecule has 3 aromatic rings. The van der Waals surface area contributed by atoms with Gasteiger partial charge < -0.3 is 4.90 Å². The summed E-state index contributed by atoms with van der Waals surface area (Å²) in [6.07, 6.45) is 1.71. The van der Waals surface area contributed by atoms with Crippen molar-refractivity contribution in [1.29, 1.82) is 0 Å². The molecule has 3 nitrogen and oxygen atoms in total. The third-order valence-electron chi connectivity index (χ3n) is 4.51. The van der Waals surface area contributed by atoms with E-state index < -0.39 is 0 Å². The maximum atomic E-state index is 6.36. The average molecular weight is 360 g/mol. The molecule has 1 aliphatic carbocycles. The smallest absolute Gasteiger partial charge is 0.101 e. The quantitative estimate of drug-likeness (QED) is 0.362. The third kappa shape index (κ3) is 2.91. The van der Waals surface area contributed by atoms with Crippen LogP contribution in [0.2, 0.25) is 5.02 Å². The van der Waals surface area contributed by atoms with Gasteiger partial charge in [0, 0.05) is 36.5 Å². The maximum absolute atomic E-state index is 6.36. The first-order chi connectivity index (χ1) is 12.6. The van der Waals surface area contributed by atoms with Gasteiger partial charge in [-0.25, -0.2) is 0 Å². The Kier molecular flexibility index (Phi) is 4.31. The third-order valence-corrected chi connectivity index (χ3v) is 4.84. The number of halogens is 1. The SMILES string of the molecule is CN(C)c1ccc(/C=N\N=C2c3ccccc3-c3ccccc32)c(Cl)c1. The highest BCUT2D eigenvalue weighted by atomic mass is 35.5. The van der Waals surface area contributed by atoms with E-state index in [1.807, 2.05) is 61.5 Å².